The van der Waals surface area contributed by atoms with E-state index in [1.807, 2.05) is 24.4 Å². The molecule has 4 heterocycles. The summed E-state index contributed by atoms with van der Waals surface area (Å²) >= 11 is 7.66. The maximum atomic E-state index is 13.5. The number of nitrogens with one attached hydrogen (secondary N) is 2. The first-order chi connectivity index (χ1) is 18.3. The first kappa shape index (κ1) is 27.8. The van der Waals surface area contributed by atoms with Crippen LogP contribution >= 0.6 is 23.4 Å². The van der Waals surface area contributed by atoms with E-state index < -0.39 is 47.3 Å². The van der Waals surface area contributed by atoms with Crippen LogP contribution in [-0.4, -0.2) is 99.0 Å². The standard InChI is InChI=1S/C27H34ClN3O6S/c1-13(28)19(25-22(33)21(32)23(34)27(37-25)38-2)31-26(35)20-24-16(12-30-20)10-14(7-9-36-24)17-5-3-4-15-11-29-8-6-18(15)17/h3-8,11,13,16,19-25,27,30,32-34H,9-10,12H2,1-2H3,(H,31,35)/t13-,16-,19?,20-,21?,22?,23+,24+,25+,27?/m0/s1. The van der Waals surface area contributed by atoms with Crippen LogP contribution < -0.4 is 10.6 Å². The number of pyridine rings is 1. The van der Waals surface area contributed by atoms with Crippen LogP contribution in [0.2, 0.25) is 0 Å². The number of hydrogen-bond donors (Lipinski definition) is 5. The molecule has 11 heteroatoms. The molecule has 9 nitrogen and oxygen atoms in total. The van der Waals surface area contributed by atoms with Gasteiger partial charge in [-0.25, -0.2) is 0 Å². The van der Waals surface area contributed by atoms with Crippen molar-refractivity contribution in [3.63, 3.8) is 0 Å². The Morgan fingerprint density at radius 2 is 2.05 bits per heavy atom. The Kier molecular flexibility index (Phi) is 8.61. The van der Waals surface area contributed by atoms with Crippen LogP contribution in [0.1, 0.15) is 18.9 Å². The molecule has 4 unspecified atom stereocenters. The van der Waals surface area contributed by atoms with Crippen LogP contribution in [0.5, 0.6) is 0 Å². The second-order valence-electron chi connectivity index (χ2n) is 10.2. The van der Waals surface area contributed by atoms with Crippen LogP contribution in [0.4, 0.5) is 0 Å². The number of nitrogens with zero attached hydrogens (tertiary/aromatic N) is 1. The highest BCUT2D eigenvalue weighted by molar-refractivity contribution is 7.99. The number of carbonyl (C=O) groups is 1. The molecule has 1 aromatic carbocycles. The zero-order valence-corrected chi connectivity index (χ0v) is 22.8. The molecule has 10 atom stereocenters. The van der Waals surface area contributed by atoms with Gasteiger partial charge in [0.25, 0.3) is 0 Å². The SMILES string of the molecule is CSC1O[C@H](C(NC(=O)[C@H]2NC[C@@H]3CC(c4cccc5cnccc45)=CCO[C@H]32)[C@H](C)Cl)C(O)C(O)[C@H]1O. The Morgan fingerprint density at radius 3 is 2.82 bits per heavy atom. The fraction of sp³-hybridized carbons (Fsp3) is 0.556. The lowest BCUT2D eigenvalue weighted by atomic mass is 9.89. The summed E-state index contributed by atoms with van der Waals surface area (Å²) in [7, 11) is 0. The van der Waals surface area contributed by atoms with Gasteiger partial charge in [0.1, 0.15) is 35.9 Å². The Hall–Kier alpha value is -1.76. The van der Waals surface area contributed by atoms with E-state index in [0.717, 1.165) is 22.8 Å². The van der Waals surface area contributed by atoms with Crippen molar-refractivity contribution in [1.29, 1.82) is 0 Å². The van der Waals surface area contributed by atoms with Crippen LogP contribution in [0, 0.1) is 5.92 Å². The first-order valence-electron chi connectivity index (χ1n) is 12.8. The summed E-state index contributed by atoms with van der Waals surface area (Å²) in [4.78, 5) is 17.7. The molecule has 206 valence electrons. The molecule has 2 aromatic rings. The summed E-state index contributed by atoms with van der Waals surface area (Å²) in [6.07, 6.45) is 2.79. The van der Waals surface area contributed by atoms with E-state index >= 15 is 0 Å². The summed E-state index contributed by atoms with van der Waals surface area (Å²) in [5.74, 6) is -0.232. The number of alkyl halides is 1. The molecule has 3 aliphatic heterocycles. The maximum Gasteiger partial charge on any atom is 0.240 e. The molecule has 1 aromatic heterocycles. The molecule has 5 N–H and O–H groups in total. The number of aliphatic hydroxyl groups is 3. The topological polar surface area (TPSA) is 133 Å². The second kappa shape index (κ2) is 11.8. The highest BCUT2D eigenvalue weighted by Crippen LogP contribution is 2.36. The molecule has 1 amide bonds. The average molecular weight is 564 g/mol. The molecule has 0 spiro atoms. The summed E-state index contributed by atoms with van der Waals surface area (Å²) in [5.41, 5.74) is 1.56. The molecule has 2 saturated heterocycles. The summed E-state index contributed by atoms with van der Waals surface area (Å²) in [5, 5.41) is 39.1. The molecule has 2 fully saturated rings. The monoisotopic (exact) mass is 563 g/mol. The minimum atomic E-state index is -1.42. The Bertz CT molecular complexity index is 1180. The summed E-state index contributed by atoms with van der Waals surface area (Å²) in [6.45, 7) is 2.68. The minimum Gasteiger partial charge on any atom is -0.388 e. The fourth-order valence-corrected chi connectivity index (χ4v) is 6.66. The van der Waals surface area contributed by atoms with E-state index in [-0.39, 0.29) is 17.9 Å². The molecular weight excluding hydrogens is 530 g/mol. The van der Waals surface area contributed by atoms with Gasteiger partial charge in [-0.1, -0.05) is 24.3 Å². The van der Waals surface area contributed by atoms with Gasteiger partial charge in [-0.3, -0.25) is 9.78 Å². The predicted molar refractivity (Wildman–Crippen MR) is 147 cm³/mol. The molecule has 3 aliphatic rings. The minimum absolute atomic E-state index is 0.0813. The van der Waals surface area contributed by atoms with Crippen molar-refractivity contribution in [2.24, 2.45) is 5.92 Å². The van der Waals surface area contributed by atoms with Gasteiger partial charge in [0, 0.05) is 30.2 Å². The van der Waals surface area contributed by atoms with Crippen LogP contribution in [-0.2, 0) is 14.3 Å². The summed E-state index contributed by atoms with van der Waals surface area (Å²) in [6, 6.07) is 6.78. The van der Waals surface area contributed by atoms with Gasteiger partial charge >= 0.3 is 0 Å². The van der Waals surface area contributed by atoms with E-state index in [1.165, 1.54) is 17.3 Å². The van der Waals surface area contributed by atoms with Crippen molar-refractivity contribution < 1.29 is 29.6 Å². The number of amides is 1. The first-order valence-corrected chi connectivity index (χ1v) is 14.6. The van der Waals surface area contributed by atoms with Crippen molar-refractivity contribution in [2.45, 2.75) is 66.8 Å². The average Bonchev–Trinajstić information content (AvgIpc) is 3.20. The number of ether oxygens (including phenoxy) is 2. The molecular formula is C27H34ClN3O6S. The number of rotatable bonds is 6. The smallest absolute Gasteiger partial charge is 0.240 e. The third-order valence-electron chi connectivity index (χ3n) is 7.80. The zero-order valence-electron chi connectivity index (χ0n) is 21.2. The van der Waals surface area contributed by atoms with Crippen LogP contribution in [0.25, 0.3) is 16.3 Å². The van der Waals surface area contributed by atoms with E-state index in [9.17, 15) is 20.1 Å². The number of aromatic nitrogens is 1. The van der Waals surface area contributed by atoms with Crippen molar-refractivity contribution in [2.75, 3.05) is 19.4 Å². The third kappa shape index (κ3) is 5.33. The van der Waals surface area contributed by atoms with E-state index in [2.05, 4.69) is 27.8 Å². The van der Waals surface area contributed by atoms with E-state index in [0.29, 0.717) is 13.2 Å². The van der Waals surface area contributed by atoms with Gasteiger partial charge in [-0.05, 0) is 42.2 Å². The quantitative estimate of drug-likeness (QED) is 0.330. The number of thioether (sulfide) groups is 1. The molecule has 0 saturated carbocycles. The molecule has 0 bridgehead atoms. The van der Waals surface area contributed by atoms with Gasteiger partial charge in [0.05, 0.1) is 24.1 Å². The third-order valence-corrected chi connectivity index (χ3v) is 8.93. The van der Waals surface area contributed by atoms with Crippen LogP contribution in [0.15, 0.2) is 42.7 Å². The highest BCUT2D eigenvalue weighted by atomic mass is 35.5. The van der Waals surface area contributed by atoms with Crippen molar-refractivity contribution in [1.82, 2.24) is 15.6 Å². The van der Waals surface area contributed by atoms with Crippen molar-refractivity contribution in [3.8, 4) is 0 Å². The molecule has 0 radical (unpaired) electrons. The van der Waals surface area contributed by atoms with E-state index in [4.69, 9.17) is 21.1 Å². The van der Waals surface area contributed by atoms with Gasteiger partial charge in [0.2, 0.25) is 5.91 Å². The van der Waals surface area contributed by atoms with Gasteiger partial charge in [0.15, 0.2) is 0 Å². The number of benzene rings is 1. The zero-order chi connectivity index (χ0) is 27.0. The number of fused-ring (bicyclic) bond motifs is 2. The van der Waals surface area contributed by atoms with Crippen molar-refractivity contribution in [3.05, 3.63) is 48.3 Å². The fourth-order valence-electron chi connectivity index (χ4n) is 5.77. The highest BCUT2D eigenvalue weighted by Gasteiger charge is 2.49. The molecule has 38 heavy (non-hydrogen) atoms. The second-order valence-corrected chi connectivity index (χ2v) is 11.8. The normalized spacial score (nSPS) is 35.2. The molecule has 5 rings (SSSR count). The number of halogens is 1. The lowest BCUT2D eigenvalue weighted by molar-refractivity contribution is -0.205. The Labute approximate surface area is 230 Å². The van der Waals surface area contributed by atoms with Gasteiger partial charge in [-0.2, -0.15) is 0 Å². The number of aliphatic hydroxyl groups excluding tert-OH is 3. The number of carbonyl (C=O) groups excluding carboxylic acids is 1. The maximum absolute atomic E-state index is 13.5. The number of hydrogen-bond acceptors (Lipinski definition) is 9. The number of allylic oxidation sites excluding steroid dienone is 1. The van der Waals surface area contributed by atoms with E-state index in [1.54, 1.807) is 19.4 Å². The Morgan fingerprint density at radius 1 is 1.24 bits per heavy atom. The van der Waals surface area contributed by atoms with Crippen LogP contribution in [0.3, 0.4) is 0 Å². The Balaban J connectivity index is 1.30. The molecule has 0 aliphatic carbocycles. The van der Waals surface area contributed by atoms with Gasteiger partial charge < -0.3 is 35.4 Å². The lowest BCUT2D eigenvalue weighted by Gasteiger charge is -2.44. The largest absolute Gasteiger partial charge is 0.388 e. The van der Waals surface area contributed by atoms with Crippen molar-refractivity contribution >= 4 is 45.6 Å². The summed E-state index contributed by atoms with van der Waals surface area (Å²) < 4.78 is 12.1. The predicted octanol–water partition coefficient (Wildman–Crippen LogP) is 1.28. The lowest BCUT2D eigenvalue weighted by Crippen LogP contribution is -2.65. The van der Waals surface area contributed by atoms with Gasteiger partial charge in [-0.15, -0.1) is 23.4 Å².